The van der Waals surface area contributed by atoms with E-state index in [9.17, 15) is 4.79 Å². The van der Waals surface area contributed by atoms with Gasteiger partial charge in [0.15, 0.2) is 5.82 Å². The average molecular weight is 575 g/mol. The van der Waals surface area contributed by atoms with Gasteiger partial charge in [-0.25, -0.2) is 19.7 Å². The van der Waals surface area contributed by atoms with E-state index in [2.05, 4.69) is 41.6 Å². The van der Waals surface area contributed by atoms with Crippen LogP contribution in [0.25, 0.3) is 33.8 Å². The molecule has 5 aromatic heterocycles. The van der Waals surface area contributed by atoms with Crippen LogP contribution < -0.4 is 10.7 Å². The molecule has 1 atom stereocenters. The van der Waals surface area contributed by atoms with Gasteiger partial charge in [-0.3, -0.25) is 19.2 Å². The van der Waals surface area contributed by atoms with E-state index in [4.69, 9.17) is 26.1 Å². The molecule has 1 unspecified atom stereocenters. The van der Waals surface area contributed by atoms with Gasteiger partial charge in [-0.15, -0.1) is 0 Å². The van der Waals surface area contributed by atoms with E-state index >= 15 is 0 Å². The predicted octanol–water partition coefficient (Wildman–Crippen LogP) is 4.79. The van der Waals surface area contributed by atoms with Gasteiger partial charge in [0.25, 0.3) is 0 Å². The number of aryl methyl sites for hydroxylation is 1. The Hall–Kier alpha value is -4.06. The summed E-state index contributed by atoms with van der Waals surface area (Å²) in [6, 6.07) is 3.73. The number of hydrogen-bond acceptors (Lipinski definition) is 9. The molecule has 1 aliphatic heterocycles. The number of nitrogens with one attached hydrogen (secondary N) is 1. The predicted molar refractivity (Wildman–Crippen MR) is 153 cm³/mol. The molecule has 0 spiro atoms. The molecule has 0 radical (unpaired) electrons. The number of aromatic nitrogens is 9. The number of rotatable bonds is 6. The minimum Gasteiger partial charge on any atom is -0.332 e. The maximum atomic E-state index is 11.8. The molecule has 6 heterocycles. The molecular weight excluding hydrogens is 544 g/mol. The van der Waals surface area contributed by atoms with E-state index in [0.717, 1.165) is 60.2 Å². The Morgan fingerprint density at radius 2 is 1.98 bits per heavy atom. The number of hydrogen-bond donors (Lipinski definition) is 1. The molecule has 0 aromatic carbocycles. The topological polar surface area (TPSA) is 136 Å². The second-order valence-electron chi connectivity index (χ2n) is 11.3. The SMILES string of the molecule is CC1CCC(Cn2c(N3CCCC3c3ncn(C)n3)nc3cc(-c4noc(=O)[nH]4)nc(-c4cncc(Cl)c4)c32)CC1. The molecule has 0 amide bonds. The molecule has 41 heavy (non-hydrogen) atoms. The van der Waals surface area contributed by atoms with Crippen LogP contribution in [0.5, 0.6) is 0 Å². The molecule has 1 saturated carbocycles. The molecule has 0 bridgehead atoms. The van der Waals surface area contributed by atoms with Gasteiger partial charge in [0, 0.05) is 38.1 Å². The molecule has 12 nitrogen and oxygen atoms in total. The zero-order valence-electron chi connectivity index (χ0n) is 23.0. The molecule has 7 rings (SSSR count). The summed E-state index contributed by atoms with van der Waals surface area (Å²) in [6.45, 7) is 4.01. The lowest BCUT2D eigenvalue weighted by Crippen LogP contribution is -2.28. The standard InChI is InChI=1S/C28H31ClN10O2/c1-16-5-7-17(8-6-16)14-39-24-20(33-27(39)38-9-3-4-22(38)26-31-15-37(2)35-26)11-21(25-34-28(40)41-36-25)32-23(24)18-10-19(29)13-30-12-18/h10-13,15-17,22H,3-9,14H2,1-2H3,(H,34,36,40). The molecule has 2 fully saturated rings. The Bertz CT molecular complexity index is 1760. The molecule has 5 aromatic rings. The molecule has 1 saturated heterocycles. The summed E-state index contributed by atoms with van der Waals surface area (Å²) < 4.78 is 8.87. The van der Waals surface area contributed by atoms with E-state index in [1.807, 2.05) is 19.2 Å². The fourth-order valence-electron chi connectivity index (χ4n) is 6.29. The first-order valence-corrected chi connectivity index (χ1v) is 14.5. The number of halogens is 1. The van der Waals surface area contributed by atoms with E-state index in [1.165, 1.54) is 25.7 Å². The van der Waals surface area contributed by atoms with Crippen LogP contribution in [0.1, 0.15) is 57.3 Å². The van der Waals surface area contributed by atoms with Crippen molar-refractivity contribution in [2.45, 2.75) is 58.0 Å². The molecule has 1 aliphatic carbocycles. The Kier molecular flexibility index (Phi) is 6.57. The largest absolute Gasteiger partial charge is 0.439 e. The van der Waals surface area contributed by atoms with Gasteiger partial charge in [0.05, 0.1) is 27.8 Å². The number of fused-ring (bicyclic) bond motifs is 1. The van der Waals surface area contributed by atoms with E-state index < -0.39 is 5.76 Å². The zero-order valence-corrected chi connectivity index (χ0v) is 23.8. The number of imidazole rings is 1. The first kappa shape index (κ1) is 25.9. The summed E-state index contributed by atoms with van der Waals surface area (Å²) in [5.74, 6) is 2.54. The highest BCUT2D eigenvalue weighted by molar-refractivity contribution is 6.30. The van der Waals surface area contributed by atoms with Crippen molar-refractivity contribution in [1.82, 2.24) is 44.4 Å². The maximum Gasteiger partial charge on any atom is 0.439 e. The van der Waals surface area contributed by atoms with Gasteiger partial charge in [-0.05, 0) is 49.7 Å². The normalized spacial score (nSPS) is 21.2. The molecular formula is C28H31ClN10O2. The van der Waals surface area contributed by atoms with Crippen LogP contribution in [0.15, 0.2) is 40.2 Å². The fourth-order valence-corrected chi connectivity index (χ4v) is 6.47. The smallest absolute Gasteiger partial charge is 0.332 e. The zero-order chi connectivity index (χ0) is 28.1. The Morgan fingerprint density at radius 1 is 1.12 bits per heavy atom. The maximum absolute atomic E-state index is 11.8. The molecule has 212 valence electrons. The van der Waals surface area contributed by atoms with Crippen LogP contribution in [0, 0.1) is 11.8 Å². The summed E-state index contributed by atoms with van der Waals surface area (Å²) in [6.07, 6.45) is 11.9. The van der Waals surface area contributed by atoms with Crippen molar-refractivity contribution >= 4 is 28.6 Å². The minimum absolute atomic E-state index is 0.0220. The highest BCUT2D eigenvalue weighted by Gasteiger charge is 2.34. The van der Waals surface area contributed by atoms with Crippen molar-refractivity contribution in [3.63, 3.8) is 0 Å². The molecule has 1 N–H and O–H groups in total. The first-order valence-electron chi connectivity index (χ1n) is 14.1. The lowest BCUT2D eigenvalue weighted by Gasteiger charge is -2.30. The summed E-state index contributed by atoms with van der Waals surface area (Å²) in [4.78, 5) is 35.9. The van der Waals surface area contributed by atoms with E-state index in [0.29, 0.717) is 22.3 Å². The summed E-state index contributed by atoms with van der Waals surface area (Å²) in [5.41, 5.74) is 3.52. The summed E-state index contributed by atoms with van der Waals surface area (Å²) in [7, 11) is 1.89. The van der Waals surface area contributed by atoms with Crippen LogP contribution in [0.2, 0.25) is 5.02 Å². The monoisotopic (exact) mass is 574 g/mol. The Labute approximate surface area is 240 Å². The quantitative estimate of drug-likeness (QED) is 0.303. The summed E-state index contributed by atoms with van der Waals surface area (Å²) >= 11 is 6.40. The second-order valence-corrected chi connectivity index (χ2v) is 11.8. The van der Waals surface area contributed by atoms with Gasteiger partial charge in [-0.1, -0.05) is 36.5 Å². The third kappa shape index (κ3) is 4.90. The first-order chi connectivity index (χ1) is 19.9. The van der Waals surface area contributed by atoms with Gasteiger partial charge in [0.2, 0.25) is 11.8 Å². The Morgan fingerprint density at radius 3 is 2.71 bits per heavy atom. The summed E-state index contributed by atoms with van der Waals surface area (Å²) in [5, 5.41) is 9.05. The molecule has 2 aliphatic rings. The second kappa shape index (κ2) is 10.4. The number of nitrogens with zero attached hydrogens (tertiary/aromatic N) is 9. The average Bonchev–Trinajstić information content (AvgIpc) is 3.76. The van der Waals surface area contributed by atoms with Crippen LogP contribution in [-0.2, 0) is 13.6 Å². The third-order valence-electron chi connectivity index (χ3n) is 8.37. The van der Waals surface area contributed by atoms with Crippen molar-refractivity contribution in [2.24, 2.45) is 18.9 Å². The van der Waals surface area contributed by atoms with Crippen molar-refractivity contribution in [1.29, 1.82) is 0 Å². The van der Waals surface area contributed by atoms with Gasteiger partial charge in [0.1, 0.15) is 12.0 Å². The van der Waals surface area contributed by atoms with Crippen LogP contribution in [-0.4, -0.2) is 51.0 Å². The van der Waals surface area contributed by atoms with Crippen LogP contribution in [0.3, 0.4) is 0 Å². The van der Waals surface area contributed by atoms with Gasteiger partial charge < -0.3 is 9.47 Å². The number of aromatic amines is 1. The van der Waals surface area contributed by atoms with Crippen molar-refractivity contribution in [2.75, 3.05) is 11.4 Å². The van der Waals surface area contributed by atoms with Gasteiger partial charge in [-0.2, -0.15) is 5.10 Å². The highest BCUT2D eigenvalue weighted by atomic mass is 35.5. The fraction of sp³-hybridized carbons (Fsp3) is 0.464. The lowest BCUT2D eigenvalue weighted by molar-refractivity contribution is 0.266. The van der Waals surface area contributed by atoms with Crippen molar-refractivity contribution in [3.8, 4) is 22.8 Å². The lowest BCUT2D eigenvalue weighted by atomic mass is 9.83. The minimum atomic E-state index is -0.645. The van der Waals surface area contributed by atoms with Crippen molar-refractivity contribution < 1.29 is 4.52 Å². The highest BCUT2D eigenvalue weighted by Crippen LogP contribution is 2.40. The van der Waals surface area contributed by atoms with Gasteiger partial charge >= 0.3 is 5.76 Å². The molecule has 13 heteroatoms. The van der Waals surface area contributed by atoms with Crippen LogP contribution >= 0.6 is 11.6 Å². The van der Waals surface area contributed by atoms with E-state index in [1.54, 1.807) is 23.4 Å². The third-order valence-corrected chi connectivity index (χ3v) is 8.57. The number of pyridine rings is 2. The van der Waals surface area contributed by atoms with Crippen LogP contribution in [0.4, 0.5) is 5.95 Å². The number of anilines is 1. The van der Waals surface area contributed by atoms with Crippen molar-refractivity contribution in [3.05, 3.63) is 52.3 Å². The number of H-pyrrole nitrogens is 1. The van der Waals surface area contributed by atoms with E-state index in [-0.39, 0.29) is 11.9 Å². The Balaban J connectivity index is 1.44.